The van der Waals surface area contributed by atoms with Crippen LogP contribution in [0.3, 0.4) is 0 Å². The van der Waals surface area contributed by atoms with Crippen molar-refractivity contribution < 1.29 is 14.3 Å². The first-order valence-corrected chi connectivity index (χ1v) is 9.67. The Morgan fingerprint density at radius 2 is 1.78 bits per heavy atom. The van der Waals surface area contributed by atoms with Gasteiger partial charge in [-0.05, 0) is 55.3 Å². The van der Waals surface area contributed by atoms with Gasteiger partial charge in [-0.15, -0.1) is 11.3 Å². The average Bonchev–Trinajstić information content (AvgIpc) is 3.16. The first-order valence-electron chi connectivity index (χ1n) is 8.79. The number of carbonyl (C=O) groups is 1. The smallest absolute Gasteiger partial charge is 0.226 e. The number of nitrogens with zero attached hydrogens (tertiary/aromatic N) is 1. The fourth-order valence-electron chi connectivity index (χ4n) is 2.58. The number of hydrogen-bond donors (Lipinski definition) is 1. The number of anilines is 1. The third kappa shape index (κ3) is 5.31. The molecule has 0 radical (unpaired) electrons. The molecule has 1 heterocycles. The van der Waals surface area contributed by atoms with Crippen LogP contribution in [0.4, 0.5) is 5.13 Å². The molecule has 3 rings (SSSR count). The molecule has 1 N–H and O–H groups in total. The molecule has 27 heavy (non-hydrogen) atoms. The summed E-state index contributed by atoms with van der Waals surface area (Å²) in [6, 6.07) is 15.5. The number of hydrogen-bond acceptors (Lipinski definition) is 5. The van der Waals surface area contributed by atoms with E-state index in [0.29, 0.717) is 24.6 Å². The number of ether oxygens (including phenoxy) is 2. The normalized spacial score (nSPS) is 10.4. The zero-order valence-electron chi connectivity index (χ0n) is 15.4. The Labute approximate surface area is 163 Å². The van der Waals surface area contributed by atoms with Crippen LogP contribution in [0.25, 0.3) is 11.3 Å². The first kappa shape index (κ1) is 18.9. The second-order valence-electron chi connectivity index (χ2n) is 5.89. The minimum atomic E-state index is -0.0431. The van der Waals surface area contributed by atoms with Crippen molar-refractivity contribution in [2.24, 2.45) is 0 Å². The minimum absolute atomic E-state index is 0.0431. The molecule has 140 valence electrons. The number of nitrogens with one attached hydrogen (secondary N) is 1. The molecular weight excluding hydrogens is 360 g/mol. The van der Waals surface area contributed by atoms with Gasteiger partial charge in [-0.2, -0.15) is 0 Å². The van der Waals surface area contributed by atoms with Crippen molar-refractivity contribution >= 4 is 22.4 Å². The predicted molar refractivity (Wildman–Crippen MR) is 109 cm³/mol. The van der Waals surface area contributed by atoms with Gasteiger partial charge in [0.05, 0.1) is 19.4 Å². The lowest BCUT2D eigenvalue weighted by molar-refractivity contribution is -0.116. The molecule has 0 saturated heterocycles. The lowest BCUT2D eigenvalue weighted by Gasteiger charge is -2.04. The largest absolute Gasteiger partial charge is 0.497 e. The SMILES string of the molecule is CCOc1ccc(-c2csc(NC(=O)CCc3ccc(OC)cc3)n2)cc1. The summed E-state index contributed by atoms with van der Waals surface area (Å²) in [5.41, 5.74) is 2.93. The summed E-state index contributed by atoms with van der Waals surface area (Å²) in [7, 11) is 1.64. The summed E-state index contributed by atoms with van der Waals surface area (Å²) >= 11 is 1.42. The summed E-state index contributed by atoms with van der Waals surface area (Å²) in [5.74, 6) is 1.61. The standard InChI is InChI=1S/C21H22N2O3S/c1-3-26-18-11-7-16(8-12-18)19-14-27-21(22-19)23-20(24)13-6-15-4-9-17(25-2)10-5-15/h4-5,7-12,14H,3,6,13H2,1-2H3,(H,22,23,24). The molecule has 1 amide bonds. The highest BCUT2D eigenvalue weighted by Gasteiger charge is 2.09. The van der Waals surface area contributed by atoms with E-state index in [4.69, 9.17) is 9.47 Å². The van der Waals surface area contributed by atoms with Gasteiger partial charge in [-0.1, -0.05) is 12.1 Å². The van der Waals surface area contributed by atoms with Crippen LogP contribution in [0.2, 0.25) is 0 Å². The lowest BCUT2D eigenvalue weighted by Crippen LogP contribution is -2.12. The van der Waals surface area contributed by atoms with Crippen LogP contribution in [0, 0.1) is 0 Å². The molecule has 5 nitrogen and oxygen atoms in total. The van der Waals surface area contributed by atoms with Crippen LogP contribution in [0.5, 0.6) is 11.5 Å². The van der Waals surface area contributed by atoms with Crippen molar-refractivity contribution in [3.8, 4) is 22.8 Å². The molecule has 0 aliphatic heterocycles. The molecule has 0 fully saturated rings. The second-order valence-corrected chi connectivity index (χ2v) is 6.75. The minimum Gasteiger partial charge on any atom is -0.497 e. The van der Waals surface area contributed by atoms with Gasteiger partial charge in [-0.25, -0.2) is 4.98 Å². The third-order valence-corrected chi connectivity index (χ3v) is 4.77. The predicted octanol–water partition coefficient (Wildman–Crippen LogP) is 4.79. The number of carbonyl (C=O) groups excluding carboxylic acids is 1. The van der Waals surface area contributed by atoms with E-state index in [1.807, 2.05) is 60.8 Å². The maximum Gasteiger partial charge on any atom is 0.226 e. The number of thiazole rings is 1. The van der Waals surface area contributed by atoms with Gasteiger partial charge in [0.2, 0.25) is 5.91 Å². The zero-order chi connectivity index (χ0) is 19.1. The Balaban J connectivity index is 1.54. The first-order chi connectivity index (χ1) is 13.2. The maximum absolute atomic E-state index is 12.2. The van der Waals surface area contributed by atoms with Gasteiger partial charge in [0.25, 0.3) is 0 Å². The van der Waals surface area contributed by atoms with E-state index in [0.717, 1.165) is 28.3 Å². The lowest BCUT2D eigenvalue weighted by atomic mass is 10.1. The molecule has 6 heteroatoms. The van der Waals surface area contributed by atoms with Gasteiger partial charge in [0.1, 0.15) is 11.5 Å². The molecule has 3 aromatic rings. The topological polar surface area (TPSA) is 60.5 Å². The van der Waals surface area contributed by atoms with Gasteiger partial charge in [0, 0.05) is 17.4 Å². The van der Waals surface area contributed by atoms with Gasteiger partial charge in [-0.3, -0.25) is 4.79 Å². The van der Waals surface area contributed by atoms with E-state index in [9.17, 15) is 4.79 Å². The van der Waals surface area contributed by atoms with Crippen molar-refractivity contribution in [1.29, 1.82) is 0 Å². The van der Waals surface area contributed by atoms with Crippen LogP contribution >= 0.6 is 11.3 Å². The van der Waals surface area contributed by atoms with Crippen LogP contribution < -0.4 is 14.8 Å². The quantitative estimate of drug-likeness (QED) is 0.609. The molecule has 0 saturated carbocycles. The highest BCUT2D eigenvalue weighted by atomic mass is 32.1. The van der Waals surface area contributed by atoms with Gasteiger partial charge < -0.3 is 14.8 Å². The Bertz CT molecular complexity index is 873. The fraction of sp³-hybridized carbons (Fsp3) is 0.238. The van der Waals surface area contributed by atoms with E-state index < -0.39 is 0 Å². The summed E-state index contributed by atoms with van der Waals surface area (Å²) in [6.07, 6.45) is 1.08. The van der Waals surface area contributed by atoms with E-state index in [2.05, 4.69) is 10.3 Å². The van der Waals surface area contributed by atoms with Crippen molar-refractivity contribution in [1.82, 2.24) is 4.98 Å². The van der Waals surface area contributed by atoms with E-state index in [-0.39, 0.29) is 5.91 Å². The maximum atomic E-state index is 12.2. The van der Waals surface area contributed by atoms with Crippen molar-refractivity contribution in [2.75, 3.05) is 19.0 Å². The van der Waals surface area contributed by atoms with Gasteiger partial charge in [0.15, 0.2) is 5.13 Å². The Morgan fingerprint density at radius 1 is 1.07 bits per heavy atom. The van der Waals surface area contributed by atoms with Gasteiger partial charge >= 0.3 is 0 Å². The number of amides is 1. The average molecular weight is 382 g/mol. The Hall–Kier alpha value is -2.86. The molecule has 0 atom stereocenters. The third-order valence-electron chi connectivity index (χ3n) is 4.01. The van der Waals surface area contributed by atoms with Crippen LogP contribution in [-0.4, -0.2) is 24.6 Å². The molecule has 1 aromatic heterocycles. The van der Waals surface area contributed by atoms with E-state index in [1.165, 1.54) is 11.3 Å². The van der Waals surface area contributed by atoms with Crippen LogP contribution in [-0.2, 0) is 11.2 Å². The fourth-order valence-corrected chi connectivity index (χ4v) is 3.32. The summed E-state index contributed by atoms with van der Waals surface area (Å²) in [5, 5.41) is 5.42. The number of aromatic nitrogens is 1. The molecule has 0 aliphatic carbocycles. The highest BCUT2D eigenvalue weighted by molar-refractivity contribution is 7.14. The zero-order valence-corrected chi connectivity index (χ0v) is 16.2. The van der Waals surface area contributed by atoms with Crippen LogP contribution in [0.1, 0.15) is 18.9 Å². The van der Waals surface area contributed by atoms with E-state index in [1.54, 1.807) is 7.11 Å². The number of aryl methyl sites for hydroxylation is 1. The molecule has 0 aliphatic rings. The second kappa shape index (κ2) is 9.19. The molecule has 2 aromatic carbocycles. The molecule has 0 bridgehead atoms. The highest BCUT2D eigenvalue weighted by Crippen LogP contribution is 2.26. The molecule has 0 spiro atoms. The summed E-state index contributed by atoms with van der Waals surface area (Å²) < 4.78 is 10.6. The Kier molecular flexibility index (Phi) is 6.44. The molecular formula is C21H22N2O3S. The van der Waals surface area contributed by atoms with Crippen molar-refractivity contribution in [3.63, 3.8) is 0 Å². The van der Waals surface area contributed by atoms with Crippen molar-refractivity contribution in [3.05, 3.63) is 59.5 Å². The number of benzene rings is 2. The molecule has 0 unspecified atom stereocenters. The van der Waals surface area contributed by atoms with Crippen LogP contribution in [0.15, 0.2) is 53.9 Å². The monoisotopic (exact) mass is 382 g/mol. The Morgan fingerprint density at radius 3 is 2.44 bits per heavy atom. The number of rotatable bonds is 8. The van der Waals surface area contributed by atoms with Crippen molar-refractivity contribution in [2.45, 2.75) is 19.8 Å². The summed E-state index contributed by atoms with van der Waals surface area (Å²) in [6.45, 7) is 2.60. The number of methoxy groups -OCH3 is 1. The van der Waals surface area contributed by atoms with E-state index >= 15 is 0 Å². The summed E-state index contributed by atoms with van der Waals surface area (Å²) in [4.78, 5) is 16.7.